The lowest BCUT2D eigenvalue weighted by molar-refractivity contribution is -0.112. The van der Waals surface area contributed by atoms with Crippen molar-refractivity contribution in [2.75, 3.05) is 149 Å². The minimum absolute atomic E-state index is 0.110. The zero-order valence-corrected chi connectivity index (χ0v) is 78.2. The van der Waals surface area contributed by atoms with E-state index in [-0.39, 0.29) is 71.7 Å². The van der Waals surface area contributed by atoms with Gasteiger partial charge in [0.2, 0.25) is 17.7 Å². The summed E-state index contributed by atoms with van der Waals surface area (Å²) in [5.41, 5.74) is 15.4. The van der Waals surface area contributed by atoms with Crippen molar-refractivity contribution in [1.82, 2.24) is 45.3 Å². The predicted molar refractivity (Wildman–Crippen MR) is 539 cm³/mol. The molecule has 30 heteroatoms. The number of carbonyl (C=O) groups excluding carboxylic acids is 9. The Morgan fingerprint density at radius 2 is 0.585 bits per heavy atom. The Morgan fingerprint density at radius 1 is 0.319 bits per heavy atom. The van der Waals surface area contributed by atoms with Crippen molar-refractivity contribution in [3.63, 3.8) is 0 Å². The molecule has 12 N–H and O–H groups in total. The van der Waals surface area contributed by atoms with E-state index in [1.165, 1.54) is 18.2 Å². The van der Waals surface area contributed by atoms with Crippen molar-refractivity contribution in [2.45, 2.75) is 76.3 Å². The van der Waals surface area contributed by atoms with Crippen LogP contribution >= 0.6 is 0 Å². The fraction of sp³-hybridized carbons (Fsp3) is 0.257. The first kappa shape index (κ1) is 96.9. The molecule has 135 heavy (non-hydrogen) atoms. The predicted octanol–water partition coefficient (Wildman–Crippen LogP) is 15.9. The van der Waals surface area contributed by atoms with E-state index in [0.717, 1.165) is 84.7 Å². The second-order valence-corrected chi connectivity index (χ2v) is 35.6. The Morgan fingerprint density at radius 3 is 0.911 bits per heavy atom. The highest BCUT2D eigenvalue weighted by molar-refractivity contribution is 6.15. The fourth-order valence-corrected chi connectivity index (χ4v) is 16.8. The number of aliphatic imine (C=N–C) groups is 3. The molecule has 0 saturated heterocycles. The van der Waals surface area contributed by atoms with E-state index < -0.39 is 16.6 Å². The Balaban J connectivity index is 0.000000171. The van der Waals surface area contributed by atoms with Crippen molar-refractivity contribution < 1.29 is 43.2 Å². The summed E-state index contributed by atoms with van der Waals surface area (Å²) >= 11 is 0. The summed E-state index contributed by atoms with van der Waals surface area (Å²) in [6.07, 6.45) is 3.54. The molecule has 6 aliphatic heterocycles. The molecule has 12 amide bonds. The van der Waals surface area contributed by atoms with Crippen molar-refractivity contribution in [2.24, 2.45) is 15.0 Å². The number of likely N-dealkylation sites (N-methyl/N-ethyl adjacent to an activating group) is 3. The van der Waals surface area contributed by atoms with Crippen LogP contribution in [0.2, 0.25) is 0 Å². The van der Waals surface area contributed by atoms with Gasteiger partial charge in [-0.2, -0.15) is 0 Å². The minimum Gasteiger partial charge on any atom is -0.340 e. The van der Waals surface area contributed by atoms with Gasteiger partial charge in [0.1, 0.15) is 17.5 Å². The van der Waals surface area contributed by atoms with E-state index in [4.69, 9.17) is 15.0 Å². The molecule has 6 heterocycles. The van der Waals surface area contributed by atoms with Gasteiger partial charge in [-0.3, -0.25) is 43.7 Å². The lowest BCUT2D eigenvalue weighted by Crippen LogP contribution is -2.52. The number of hydrogen-bond acceptors (Lipinski definition) is 18. The van der Waals surface area contributed by atoms with Crippen LogP contribution in [-0.2, 0) is 14.4 Å². The molecule has 0 spiro atoms. The molecule has 0 bridgehead atoms. The number of hydrogen-bond donors (Lipinski definition) is 12. The van der Waals surface area contributed by atoms with Gasteiger partial charge in [-0.05, 0) is 269 Å². The average Bonchev–Trinajstić information content (AvgIpc) is 1.60. The van der Waals surface area contributed by atoms with Crippen LogP contribution in [0.3, 0.4) is 0 Å². The van der Waals surface area contributed by atoms with Gasteiger partial charge in [0, 0.05) is 104 Å². The molecule has 696 valence electrons. The van der Waals surface area contributed by atoms with Crippen LogP contribution in [0.5, 0.6) is 0 Å². The SMILES string of the molecule is C=CC(=O)Nc1ccc(C(=O)Nc2ccc(NC3=NCC4=C3CN(C(=O)N[C@H](CN(C)C)c3ccccc3)C4(C)C)cc2)cc1.C=CC(=O)Nc1ccc(C(=O)Nc2cccc(NC3=NCC4=C3CN(C(=O)N[C@H](CN(C)C)c3ccccc3)C4(C)C)c2)cc1.C=CC(=O)Nc1cccc(C(=O)Nc2ccc(NC3=NCC4=C3CN(C(=O)N[C@H](CN(C)C)c3ccccc3)C4(C)C)cc2)c1. The van der Waals surface area contributed by atoms with Crippen LogP contribution in [0, 0.1) is 0 Å². The third-order valence-electron chi connectivity index (χ3n) is 24.2. The van der Waals surface area contributed by atoms with E-state index in [9.17, 15) is 43.2 Å². The summed E-state index contributed by atoms with van der Waals surface area (Å²) in [6.45, 7) is 27.6. The normalized spacial score (nSPS) is 15.7. The zero-order chi connectivity index (χ0) is 96.4. The minimum atomic E-state index is -0.508. The second-order valence-electron chi connectivity index (χ2n) is 35.6. The summed E-state index contributed by atoms with van der Waals surface area (Å²) in [5.74, 6) is 0.397. The highest BCUT2D eigenvalue weighted by atomic mass is 16.2. The Bertz CT molecular complexity index is 6140. The molecule has 15 rings (SSSR count). The second kappa shape index (κ2) is 43.1. The summed E-state index contributed by atoms with van der Waals surface area (Å²) in [5, 5.41) is 36.7. The Kier molecular flexibility index (Phi) is 31.0. The number of rotatable bonds is 27. The van der Waals surface area contributed by atoms with Crippen molar-refractivity contribution in [1.29, 1.82) is 0 Å². The monoisotopic (exact) mass is 1820 g/mol. The van der Waals surface area contributed by atoms with Crippen LogP contribution in [0.4, 0.5) is 65.6 Å². The number of nitrogens with zero attached hydrogens (tertiary/aromatic N) is 9. The van der Waals surface area contributed by atoms with E-state index in [0.29, 0.717) is 110 Å². The maximum Gasteiger partial charge on any atom is 0.318 e. The number of benzene rings is 9. The highest BCUT2D eigenvalue weighted by Gasteiger charge is 2.49. The number of anilines is 9. The molecule has 0 unspecified atom stereocenters. The van der Waals surface area contributed by atoms with Gasteiger partial charge in [0.25, 0.3) is 17.7 Å². The number of amides is 12. The standard InChI is InChI=1S/3C35H39N7O3/c1-6-31(43)37-25-17-15-24(16-18-25)33(44)39-27-14-10-13-26(19-27)38-32-28-21-42(35(2,3)29(28)20-36-32)34(45)40-30(22-41(4)5)23-11-8-7-9-12-23;1-6-31(43)37-27-14-10-13-24(19-27)33(44)39-26-17-15-25(16-18-26)38-32-28-21-42(35(2,3)29(28)20-36-32)34(45)40-30(22-41(4)5)23-11-8-7-9-12-23;1-6-31(43)37-25-14-12-24(13-15-25)33(44)39-27-18-16-26(17-19-27)38-32-28-21-42(35(2,3)29(28)20-36-32)34(45)40-30(22-41(4)5)23-10-8-7-9-11-23/h3*6-19,30H,1,20-22H2,2-5H3,(H,36,38)(H,37,43)(H,39,44)(H,40,45)/t3*30-/m111/s1. The van der Waals surface area contributed by atoms with Crippen molar-refractivity contribution in [3.05, 3.63) is 341 Å². The van der Waals surface area contributed by atoms with Gasteiger partial charge in [0.05, 0.1) is 74.0 Å². The van der Waals surface area contributed by atoms with Crippen LogP contribution in [0.1, 0.15) is 107 Å². The smallest absolute Gasteiger partial charge is 0.318 e. The van der Waals surface area contributed by atoms with Gasteiger partial charge in [-0.15, -0.1) is 0 Å². The summed E-state index contributed by atoms with van der Waals surface area (Å²) < 4.78 is 0. The Hall–Kier alpha value is -15.7. The molecule has 0 radical (unpaired) electrons. The van der Waals surface area contributed by atoms with E-state index >= 15 is 0 Å². The Labute approximate surface area is 788 Å². The molecule has 6 aliphatic rings. The third kappa shape index (κ3) is 24.2. The number of amidine groups is 3. The topological polar surface area (TPSA) is 355 Å². The van der Waals surface area contributed by atoms with E-state index in [1.807, 2.05) is 209 Å². The van der Waals surface area contributed by atoms with Gasteiger partial charge >= 0.3 is 18.1 Å². The molecule has 9 aromatic carbocycles. The molecule has 9 aromatic rings. The summed E-state index contributed by atoms with van der Waals surface area (Å²) in [7, 11) is 12.0. The van der Waals surface area contributed by atoms with Crippen LogP contribution in [0.15, 0.2) is 323 Å². The van der Waals surface area contributed by atoms with Crippen LogP contribution < -0.4 is 63.8 Å². The third-order valence-corrected chi connectivity index (χ3v) is 24.2. The van der Waals surface area contributed by atoms with Crippen molar-refractivity contribution in [3.8, 4) is 0 Å². The highest BCUT2D eigenvalue weighted by Crippen LogP contribution is 2.43. The molecule has 0 aromatic heterocycles. The maximum atomic E-state index is 13.7. The van der Waals surface area contributed by atoms with Crippen molar-refractivity contribution >= 4 is 122 Å². The molecule has 30 nitrogen and oxygen atoms in total. The van der Waals surface area contributed by atoms with Gasteiger partial charge in [0.15, 0.2) is 0 Å². The largest absolute Gasteiger partial charge is 0.340 e. The molecular weight excluding hydrogens is 1700 g/mol. The lowest BCUT2D eigenvalue weighted by Gasteiger charge is -2.36. The van der Waals surface area contributed by atoms with E-state index in [1.54, 1.807) is 84.9 Å². The number of nitrogens with one attached hydrogen (secondary N) is 12. The lowest BCUT2D eigenvalue weighted by atomic mass is 9.94. The van der Waals surface area contributed by atoms with Gasteiger partial charge < -0.3 is 93.2 Å². The zero-order valence-electron chi connectivity index (χ0n) is 78.2. The maximum absolute atomic E-state index is 13.7. The van der Waals surface area contributed by atoms with Gasteiger partial charge in [-0.25, -0.2) is 14.4 Å². The molecule has 3 atom stereocenters. The molecule has 0 saturated carbocycles. The number of carbonyl (C=O) groups is 9. The van der Waals surface area contributed by atoms with E-state index in [2.05, 4.69) is 140 Å². The van der Waals surface area contributed by atoms with Gasteiger partial charge in [-0.1, -0.05) is 123 Å². The average molecular weight is 1820 g/mol. The molecular formula is C105H117N21O9. The fourth-order valence-electron chi connectivity index (χ4n) is 16.8. The number of urea groups is 3. The first-order valence-electron chi connectivity index (χ1n) is 44.5. The molecule has 0 fully saturated rings. The van der Waals surface area contributed by atoms with Crippen LogP contribution in [0.25, 0.3) is 0 Å². The first-order chi connectivity index (χ1) is 64.6. The molecule has 0 aliphatic carbocycles. The summed E-state index contributed by atoms with van der Waals surface area (Å²) in [6, 6.07) is 71.3. The first-order valence-corrected chi connectivity index (χ1v) is 44.5. The quantitative estimate of drug-likeness (QED) is 0.0213. The summed E-state index contributed by atoms with van der Waals surface area (Å²) in [4.78, 5) is 140. The van der Waals surface area contributed by atoms with Crippen LogP contribution in [-0.4, -0.2) is 218 Å².